The van der Waals surface area contributed by atoms with Crippen molar-refractivity contribution in [2.24, 2.45) is 0 Å². The number of benzene rings is 9. The van der Waals surface area contributed by atoms with Crippen molar-refractivity contribution in [3.63, 3.8) is 0 Å². The second kappa shape index (κ2) is 11.4. The molecular formula is C47H32. The molecule has 220 valence electrons. The van der Waals surface area contributed by atoms with Gasteiger partial charge >= 0.3 is 0 Å². The van der Waals surface area contributed by atoms with E-state index in [-0.39, 0.29) is 0 Å². The van der Waals surface area contributed by atoms with Gasteiger partial charge in [0, 0.05) is 0 Å². The number of hydrogen-bond acceptors (Lipinski definition) is 0. The molecule has 0 amide bonds. The van der Waals surface area contributed by atoms with Gasteiger partial charge in [0.25, 0.3) is 0 Å². The van der Waals surface area contributed by atoms with Crippen LogP contribution in [0.3, 0.4) is 0 Å². The average Bonchev–Trinajstić information content (AvgIpc) is 3.15. The third-order valence-electron chi connectivity index (χ3n) is 9.75. The summed E-state index contributed by atoms with van der Waals surface area (Å²) in [6.45, 7) is 0. The third-order valence-corrected chi connectivity index (χ3v) is 9.75. The van der Waals surface area contributed by atoms with Gasteiger partial charge in [-0.25, -0.2) is 0 Å². The summed E-state index contributed by atoms with van der Waals surface area (Å²) in [4.78, 5) is 0. The molecule has 0 saturated carbocycles. The number of rotatable bonds is 5. The molecule has 0 N–H and O–H groups in total. The Labute approximate surface area is 275 Å². The molecule has 0 heteroatoms. The van der Waals surface area contributed by atoms with Crippen LogP contribution in [0.15, 0.2) is 182 Å². The Morgan fingerprint density at radius 3 is 1.47 bits per heavy atom. The molecule has 0 spiro atoms. The van der Waals surface area contributed by atoms with E-state index in [0.717, 1.165) is 6.42 Å². The molecule has 47 heavy (non-hydrogen) atoms. The van der Waals surface area contributed by atoms with Gasteiger partial charge in [-0.15, -0.1) is 0 Å². The lowest BCUT2D eigenvalue weighted by atomic mass is 9.83. The maximum absolute atomic E-state index is 2.43. The molecule has 0 unspecified atom stereocenters. The summed E-state index contributed by atoms with van der Waals surface area (Å²) in [7, 11) is 0. The first-order valence-electron chi connectivity index (χ1n) is 16.4. The van der Waals surface area contributed by atoms with Gasteiger partial charge in [0.05, 0.1) is 0 Å². The fraction of sp³-hybridized carbons (Fsp3) is 0.0213. The van der Waals surface area contributed by atoms with E-state index in [9.17, 15) is 0 Å². The Hall–Kier alpha value is -5.98. The molecule has 0 heterocycles. The Morgan fingerprint density at radius 2 is 0.809 bits per heavy atom. The van der Waals surface area contributed by atoms with Crippen molar-refractivity contribution >= 4 is 43.1 Å². The molecule has 0 radical (unpaired) electrons. The first-order valence-corrected chi connectivity index (χ1v) is 16.4. The Balaban J connectivity index is 1.34. The van der Waals surface area contributed by atoms with Gasteiger partial charge in [0.1, 0.15) is 0 Å². The fourth-order valence-electron chi connectivity index (χ4n) is 7.69. The predicted octanol–water partition coefficient (Wildman–Crippen LogP) is 12.9. The summed E-state index contributed by atoms with van der Waals surface area (Å²) in [5, 5.41) is 10.3. The molecule has 9 aromatic carbocycles. The van der Waals surface area contributed by atoms with Crippen LogP contribution in [0.4, 0.5) is 0 Å². The van der Waals surface area contributed by atoms with Crippen molar-refractivity contribution in [2.75, 3.05) is 0 Å². The van der Waals surface area contributed by atoms with Crippen LogP contribution in [0.25, 0.3) is 76.5 Å². The van der Waals surface area contributed by atoms with Crippen LogP contribution in [0.1, 0.15) is 11.1 Å². The predicted molar refractivity (Wildman–Crippen MR) is 202 cm³/mol. The smallest absolute Gasteiger partial charge is 0.000728 e. The third kappa shape index (κ3) is 4.61. The standard InChI is InChI=1S/C47H32/c1-3-16-32(17-4-1)36-22-8-7-20-34(36)30-44-38-23-9-13-27-42(38)47(43-28-14-10-24-39(43)44)45-31-35-21-15-29-37(33-18-5-2-6-19-33)46(35)41-26-12-11-25-40(41)45/h1-29,31H,30H2. The van der Waals surface area contributed by atoms with Gasteiger partial charge < -0.3 is 0 Å². The van der Waals surface area contributed by atoms with E-state index in [2.05, 4.69) is 182 Å². The summed E-state index contributed by atoms with van der Waals surface area (Å²) in [6, 6.07) is 66.6. The minimum Gasteiger partial charge on any atom is -0.0622 e. The first-order chi connectivity index (χ1) is 23.3. The molecule has 9 aromatic rings. The average molecular weight is 597 g/mol. The quantitative estimate of drug-likeness (QED) is 0.137. The van der Waals surface area contributed by atoms with Crippen molar-refractivity contribution in [1.29, 1.82) is 0 Å². The summed E-state index contributed by atoms with van der Waals surface area (Å²) in [6.07, 6.45) is 0.852. The second-order valence-electron chi connectivity index (χ2n) is 12.4. The molecule has 0 aliphatic heterocycles. The van der Waals surface area contributed by atoms with Gasteiger partial charge in [-0.05, 0) is 100 Å². The highest BCUT2D eigenvalue weighted by Gasteiger charge is 2.20. The highest BCUT2D eigenvalue weighted by Crippen LogP contribution is 2.46. The van der Waals surface area contributed by atoms with Gasteiger partial charge in [-0.3, -0.25) is 0 Å². The Morgan fingerprint density at radius 1 is 0.319 bits per heavy atom. The van der Waals surface area contributed by atoms with Crippen molar-refractivity contribution < 1.29 is 0 Å². The van der Waals surface area contributed by atoms with E-state index in [1.165, 1.54) is 87.6 Å². The maximum atomic E-state index is 2.43. The van der Waals surface area contributed by atoms with Crippen LogP contribution in [0, 0.1) is 0 Å². The molecule has 0 atom stereocenters. The number of fused-ring (bicyclic) bond motifs is 5. The summed E-state index contributed by atoms with van der Waals surface area (Å²) >= 11 is 0. The van der Waals surface area contributed by atoms with Crippen molar-refractivity contribution in [1.82, 2.24) is 0 Å². The molecule has 0 aliphatic rings. The van der Waals surface area contributed by atoms with E-state index in [4.69, 9.17) is 0 Å². The normalized spacial score (nSPS) is 11.5. The zero-order valence-corrected chi connectivity index (χ0v) is 26.0. The van der Waals surface area contributed by atoms with E-state index < -0.39 is 0 Å². The molecule has 0 fully saturated rings. The zero-order chi connectivity index (χ0) is 31.2. The maximum Gasteiger partial charge on any atom is -0.000728 e. The lowest BCUT2D eigenvalue weighted by Crippen LogP contribution is -1.98. The van der Waals surface area contributed by atoms with Crippen LogP contribution in [-0.4, -0.2) is 0 Å². The van der Waals surface area contributed by atoms with Crippen molar-refractivity contribution in [3.8, 4) is 33.4 Å². The van der Waals surface area contributed by atoms with Gasteiger partial charge in [-0.1, -0.05) is 176 Å². The summed E-state index contributed by atoms with van der Waals surface area (Å²) in [5.41, 5.74) is 10.4. The molecule has 0 saturated heterocycles. The summed E-state index contributed by atoms with van der Waals surface area (Å²) < 4.78 is 0. The highest BCUT2D eigenvalue weighted by atomic mass is 14.2. The molecule has 0 bridgehead atoms. The van der Waals surface area contributed by atoms with Gasteiger partial charge in [0.2, 0.25) is 0 Å². The monoisotopic (exact) mass is 596 g/mol. The van der Waals surface area contributed by atoms with Crippen LogP contribution >= 0.6 is 0 Å². The van der Waals surface area contributed by atoms with Gasteiger partial charge in [-0.2, -0.15) is 0 Å². The van der Waals surface area contributed by atoms with E-state index in [1.54, 1.807) is 0 Å². The fourth-order valence-corrected chi connectivity index (χ4v) is 7.69. The Bertz CT molecular complexity index is 2520. The lowest BCUT2D eigenvalue weighted by molar-refractivity contribution is 1.23. The van der Waals surface area contributed by atoms with Gasteiger partial charge in [0.15, 0.2) is 0 Å². The minimum atomic E-state index is 0.852. The zero-order valence-electron chi connectivity index (χ0n) is 26.0. The lowest BCUT2D eigenvalue weighted by Gasteiger charge is -2.21. The SMILES string of the molecule is c1ccc(-c2ccccc2Cc2c3ccccc3c(-c3cc4cccc(-c5ccccc5)c4c4ccccc34)c3ccccc23)cc1. The van der Waals surface area contributed by atoms with Crippen molar-refractivity contribution in [3.05, 3.63) is 193 Å². The second-order valence-corrected chi connectivity index (χ2v) is 12.4. The largest absolute Gasteiger partial charge is 0.0622 e. The minimum absolute atomic E-state index is 0.852. The van der Waals surface area contributed by atoms with Crippen LogP contribution in [0.2, 0.25) is 0 Å². The molecule has 0 aliphatic carbocycles. The number of hydrogen-bond donors (Lipinski definition) is 0. The first kappa shape index (κ1) is 27.3. The van der Waals surface area contributed by atoms with Crippen LogP contribution in [0.5, 0.6) is 0 Å². The Kier molecular flexibility index (Phi) is 6.65. The van der Waals surface area contributed by atoms with E-state index in [0.29, 0.717) is 0 Å². The highest BCUT2D eigenvalue weighted by molar-refractivity contribution is 6.24. The van der Waals surface area contributed by atoms with E-state index in [1.807, 2.05) is 0 Å². The summed E-state index contributed by atoms with van der Waals surface area (Å²) in [5.74, 6) is 0. The van der Waals surface area contributed by atoms with Crippen LogP contribution < -0.4 is 0 Å². The van der Waals surface area contributed by atoms with Crippen molar-refractivity contribution in [2.45, 2.75) is 6.42 Å². The molecule has 9 rings (SSSR count). The van der Waals surface area contributed by atoms with Crippen LogP contribution in [-0.2, 0) is 6.42 Å². The topological polar surface area (TPSA) is 0 Å². The van der Waals surface area contributed by atoms with E-state index >= 15 is 0 Å². The molecular weight excluding hydrogens is 565 g/mol. The molecule has 0 nitrogen and oxygen atoms in total. The molecule has 0 aromatic heterocycles.